The number of hydrogen-bond donors (Lipinski definition) is 2. The van der Waals surface area contributed by atoms with E-state index in [1.807, 2.05) is 12.1 Å². The number of aryl methyl sites for hydroxylation is 1. The van der Waals surface area contributed by atoms with Crippen molar-refractivity contribution in [1.82, 2.24) is 10.5 Å². The molecule has 114 valence electrons. The van der Waals surface area contributed by atoms with Gasteiger partial charge >= 0.3 is 0 Å². The van der Waals surface area contributed by atoms with E-state index in [0.717, 1.165) is 11.3 Å². The summed E-state index contributed by atoms with van der Waals surface area (Å²) < 4.78 is 10.2. The predicted octanol–water partition coefficient (Wildman–Crippen LogP) is 3.07. The van der Waals surface area contributed by atoms with Gasteiger partial charge in [0, 0.05) is 4.88 Å². The molecule has 3 aromatic rings. The van der Waals surface area contributed by atoms with E-state index in [2.05, 4.69) is 17.4 Å². The summed E-state index contributed by atoms with van der Waals surface area (Å²) in [5.74, 6) is 0.337. The van der Waals surface area contributed by atoms with Crippen molar-refractivity contribution in [2.24, 2.45) is 0 Å². The molecule has 0 saturated heterocycles. The van der Waals surface area contributed by atoms with Gasteiger partial charge in [-0.2, -0.15) is 0 Å². The first-order valence-corrected chi connectivity index (χ1v) is 7.65. The van der Waals surface area contributed by atoms with Crippen LogP contribution in [0.15, 0.2) is 39.5 Å². The number of nitrogen functional groups attached to an aromatic ring is 1. The standard InChI is InChI=1S/C15H15N3O3S/c1-2-10-5-6-11(22-10)13-12(14(16)21-18-13)15(19)17-8-9-4-3-7-20-9/h3-7H,2,8,16H2,1H3,(H,17,19). The summed E-state index contributed by atoms with van der Waals surface area (Å²) in [6.45, 7) is 2.35. The van der Waals surface area contributed by atoms with Crippen molar-refractivity contribution in [1.29, 1.82) is 0 Å². The number of nitrogens with two attached hydrogens (primary N) is 1. The van der Waals surface area contributed by atoms with Crippen LogP contribution in [0, 0.1) is 0 Å². The van der Waals surface area contributed by atoms with Gasteiger partial charge in [0.15, 0.2) is 0 Å². The summed E-state index contributed by atoms with van der Waals surface area (Å²) in [4.78, 5) is 14.4. The fraction of sp³-hybridized carbons (Fsp3) is 0.200. The Labute approximate surface area is 130 Å². The highest BCUT2D eigenvalue weighted by Crippen LogP contribution is 2.32. The minimum absolute atomic E-state index is 0.0124. The lowest BCUT2D eigenvalue weighted by atomic mass is 10.2. The molecule has 3 heterocycles. The summed E-state index contributed by atoms with van der Waals surface area (Å²) >= 11 is 1.57. The SMILES string of the molecule is CCc1ccc(-c2noc(N)c2C(=O)NCc2ccco2)s1. The number of aromatic nitrogens is 1. The number of nitrogens with one attached hydrogen (secondary N) is 1. The van der Waals surface area contributed by atoms with Crippen LogP contribution < -0.4 is 11.1 Å². The fourth-order valence-corrected chi connectivity index (χ4v) is 2.99. The first-order chi connectivity index (χ1) is 10.7. The average molecular weight is 317 g/mol. The number of carbonyl (C=O) groups excluding carboxylic acids is 1. The van der Waals surface area contributed by atoms with Gasteiger partial charge in [0.25, 0.3) is 5.91 Å². The maximum Gasteiger partial charge on any atom is 0.259 e. The van der Waals surface area contributed by atoms with Gasteiger partial charge in [-0.15, -0.1) is 11.3 Å². The molecule has 0 spiro atoms. The monoisotopic (exact) mass is 317 g/mol. The molecular formula is C15H15N3O3S. The molecule has 0 unspecified atom stereocenters. The molecule has 6 nitrogen and oxygen atoms in total. The second kappa shape index (κ2) is 6.07. The Morgan fingerprint density at radius 3 is 2.95 bits per heavy atom. The predicted molar refractivity (Wildman–Crippen MR) is 83.5 cm³/mol. The molecule has 7 heteroatoms. The van der Waals surface area contributed by atoms with Gasteiger partial charge in [0.1, 0.15) is 17.0 Å². The smallest absolute Gasteiger partial charge is 0.259 e. The van der Waals surface area contributed by atoms with Crippen molar-refractivity contribution in [3.63, 3.8) is 0 Å². The van der Waals surface area contributed by atoms with Crippen LogP contribution in [0.5, 0.6) is 0 Å². The van der Waals surface area contributed by atoms with Crippen molar-refractivity contribution in [2.45, 2.75) is 19.9 Å². The lowest BCUT2D eigenvalue weighted by Gasteiger charge is -2.03. The molecule has 0 saturated carbocycles. The molecule has 3 rings (SSSR count). The van der Waals surface area contributed by atoms with E-state index >= 15 is 0 Å². The molecule has 22 heavy (non-hydrogen) atoms. The molecule has 0 aliphatic carbocycles. The number of furan rings is 1. The molecular weight excluding hydrogens is 302 g/mol. The van der Waals surface area contributed by atoms with Crippen LogP contribution in [0.3, 0.4) is 0 Å². The quantitative estimate of drug-likeness (QED) is 0.754. The van der Waals surface area contributed by atoms with Crippen molar-refractivity contribution in [3.05, 3.63) is 46.7 Å². The van der Waals surface area contributed by atoms with Gasteiger partial charge < -0.3 is 20.0 Å². The zero-order chi connectivity index (χ0) is 15.5. The minimum Gasteiger partial charge on any atom is -0.467 e. The van der Waals surface area contributed by atoms with Crippen LogP contribution in [-0.2, 0) is 13.0 Å². The first kappa shape index (κ1) is 14.4. The van der Waals surface area contributed by atoms with Crippen molar-refractivity contribution in [2.75, 3.05) is 5.73 Å². The Morgan fingerprint density at radius 1 is 1.41 bits per heavy atom. The number of amides is 1. The number of rotatable bonds is 5. The molecule has 0 bridgehead atoms. The number of carbonyl (C=O) groups is 1. The van der Waals surface area contributed by atoms with E-state index in [1.165, 1.54) is 4.88 Å². The Kier molecular flexibility index (Phi) is 3.97. The summed E-state index contributed by atoms with van der Waals surface area (Å²) in [7, 11) is 0. The second-order valence-corrected chi connectivity index (χ2v) is 5.82. The lowest BCUT2D eigenvalue weighted by Crippen LogP contribution is -2.23. The van der Waals surface area contributed by atoms with E-state index in [4.69, 9.17) is 14.7 Å². The van der Waals surface area contributed by atoms with Gasteiger partial charge in [-0.3, -0.25) is 4.79 Å². The lowest BCUT2D eigenvalue weighted by molar-refractivity contribution is 0.0949. The highest BCUT2D eigenvalue weighted by Gasteiger charge is 2.23. The normalized spacial score (nSPS) is 10.8. The van der Waals surface area contributed by atoms with Gasteiger partial charge in [-0.1, -0.05) is 12.1 Å². The molecule has 0 aliphatic heterocycles. The van der Waals surface area contributed by atoms with Crippen LogP contribution >= 0.6 is 11.3 Å². The molecule has 0 aromatic carbocycles. The minimum atomic E-state index is -0.336. The van der Waals surface area contributed by atoms with Crippen LogP contribution in [-0.4, -0.2) is 11.1 Å². The molecule has 3 N–H and O–H groups in total. The second-order valence-electron chi connectivity index (χ2n) is 4.65. The Morgan fingerprint density at radius 2 is 2.27 bits per heavy atom. The van der Waals surface area contributed by atoms with Gasteiger partial charge in [0.2, 0.25) is 5.88 Å². The summed E-state index contributed by atoms with van der Waals surface area (Å²) in [5.41, 5.74) is 6.49. The van der Waals surface area contributed by atoms with Crippen molar-refractivity contribution in [3.8, 4) is 10.6 Å². The van der Waals surface area contributed by atoms with Crippen LogP contribution in [0.4, 0.5) is 5.88 Å². The maximum atomic E-state index is 12.4. The van der Waals surface area contributed by atoms with Crippen LogP contribution in [0.2, 0.25) is 0 Å². The maximum absolute atomic E-state index is 12.4. The molecule has 0 fully saturated rings. The third kappa shape index (κ3) is 2.75. The third-order valence-electron chi connectivity index (χ3n) is 3.19. The van der Waals surface area contributed by atoms with Crippen molar-refractivity contribution < 1.29 is 13.7 Å². The zero-order valence-corrected chi connectivity index (χ0v) is 12.8. The summed E-state index contributed by atoms with van der Waals surface area (Å²) in [6, 6.07) is 7.48. The average Bonchev–Trinajstić information content (AvgIpc) is 3.24. The molecule has 0 radical (unpaired) electrons. The first-order valence-electron chi connectivity index (χ1n) is 6.83. The van der Waals surface area contributed by atoms with Crippen LogP contribution in [0.25, 0.3) is 10.6 Å². The molecule has 0 aliphatic rings. The number of anilines is 1. The van der Waals surface area contributed by atoms with E-state index < -0.39 is 0 Å². The Balaban J connectivity index is 1.83. The Hall–Kier alpha value is -2.54. The highest BCUT2D eigenvalue weighted by atomic mass is 32.1. The van der Waals surface area contributed by atoms with Crippen LogP contribution in [0.1, 0.15) is 27.9 Å². The van der Waals surface area contributed by atoms with Crippen molar-refractivity contribution >= 4 is 23.1 Å². The summed E-state index contributed by atoms with van der Waals surface area (Å²) in [6.07, 6.45) is 2.48. The number of hydrogen-bond acceptors (Lipinski definition) is 6. The highest BCUT2D eigenvalue weighted by molar-refractivity contribution is 7.15. The fourth-order valence-electron chi connectivity index (χ4n) is 2.05. The molecule has 3 aromatic heterocycles. The largest absolute Gasteiger partial charge is 0.467 e. The van der Waals surface area contributed by atoms with Gasteiger partial charge in [-0.05, 0) is 30.7 Å². The molecule has 0 atom stereocenters. The van der Waals surface area contributed by atoms with Gasteiger partial charge in [0.05, 0.1) is 17.7 Å². The molecule has 1 amide bonds. The summed E-state index contributed by atoms with van der Waals surface area (Å²) in [5, 5.41) is 6.68. The van der Waals surface area contributed by atoms with E-state index in [1.54, 1.807) is 29.7 Å². The van der Waals surface area contributed by atoms with E-state index in [-0.39, 0.29) is 23.9 Å². The number of nitrogens with zero attached hydrogens (tertiary/aromatic N) is 1. The topological polar surface area (TPSA) is 94.3 Å². The Bertz CT molecular complexity index is 774. The van der Waals surface area contributed by atoms with E-state index in [9.17, 15) is 4.79 Å². The van der Waals surface area contributed by atoms with E-state index in [0.29, 0.717) is 11.5 Å². The third-order valence-corrected chi connectivity index (χ3v) is 4.43. The van der Waals surface area contributed by atoms with Gasteiger partial charge in [-0.25, -0.2) is 0 Å². The number of thiophene rings is 1. The zero-order valence-electron chi connectivity index (χ0n) is 12.0.